The summed E-state index contributed by atoms with van der Waals surface area (Å²) >= 11 is 5.90. The van der Waals surface area contributed by atoms with Crippen molar-refractivity contribution in [1.82, 2.24) is 9.97 Å². The maximum Gasteiger partial charge on any atom is 0.156 e. The van der Waals surface area contributed by atoms with E-state index in [4.69, 9.17) is 16.7 Å². The van der Waals surface area contributed by atoms with Crippen LogP contribution in [0.25, 0.3) is 0 Å². The first-order valence-corrected chi connectivity index (χ1v) is 6.45. The molecule has 1 atom stereocenters. The number of aromatic nitrogens is 2. The molecule has 1 aliphatic heterocycles. The molecule has 0 spiro atoms. The van der Waals surface area contributed by atoms with E-state index in [1.807, 2.05) is 0 Å². The molecule has 0 amide bonds. The predicted molar refractivity (Wildman–Crippen MR) is 69.1 cm³/mol. The van der Waals surface area contributed by atoms with Crippen LogP contribution in [0.4, 0.5) is 5.82 Å². The third-order valence-electron chi connectivity index (χ3n) is 3.29. The fourth-order valence-corrected chi connectivity index (χ4v) is 2.57. The van der Waals surface area contributed by atoms with Gasteiger partial charge in [0.1, 0.15) is 17.3 Å². The van der Waals surface area contributed by atoms with Crippen molar-refractivity contribution in [3.8, 4) is 0 Å². The van der Waals surface area contributed by atoms with E-state index in [1.165, 1.54) is 6.33 Å². The van der Waals surface area contributed by atoms with Gasteiger partial charge in [-0.15, -0.1) is 0 Å². The van der Waals surface area contributed by atoms with Crippen molar-refractivity contribution in [3.63, 3.8) is 0 Å². The molecular weight excluding hydrogens is 254 g/mol. The van der Waals surface area contributed by atoms with Crippen molar-refractivity contribution >= 4 is 23.7 Å². The molecule has 2 heterocycles. The van der Waals surface area contributed by atoms with Crippen molar-refractivity contribution in [2.24, 2.45) is 5.92 Å². The molecule has 0 aliphatic carbocycles. The first-order valence-electron chi connectivity index (χ1n) is 6.07. The molecule has 0 aromatic carbocycles. The van der Waals surface area contributed by atoms with Gasteiger partial charge in [0.15, 0.2) is 6.29 Å². The molecule has 98 valence electrons. The minimum Gasteiger partial charge on any atom is -0.396 e. The van der Waals surface area contributed by atoms with Crippen molar-refractivity contribution in [2.75, 3.05) is 24.6 Å². The number of aliphatic hydroxyl groups is 1. The zero-order chi connectivity index (χ0) is 13.0. The second kappa shape index (κ2) is 6.11. The number of piperidine rings is 1. The molecule has 0 radical (unpaired) electrons. The fourth-order valence-electron chi connectivity index (χ4n) is 2.39. The summed E-state index contributed by atoms with van der Waals surface area (Å²) in [4.78, 5) is 21.1. The normalized spacial score (nSPS) is 19.9. The van der Waals surface area contributed by atoms with Crippen LogP contribution in [0.5, 0.6) is 0 Å². The Kier molecular flexibility index (Phi) is 4.49. The Bertz CT molecular complexity index is 426. The molecule has 1 fully saturated rings. The molecule has 1 aliphatic rings. The molecule has 18 heavy (non-hydrogen) atoms. The summed E-state index contributed by atoms with van der Waals surface area (Å²) in [5.41, 5.74) is 0.351. The zero-order valence-electron chi connectivity index (χ0n) is 10.0. The van der Waals surface area contributed by atoms with E-state index >= 15 is 0 Å². The number of carbonyl (C=O) groups is 1. The Labute approximate surface area is 111 Å². The molecule has 0 bridgehead atoms. The standard InChI is InChI=1S/C12H16ClN3O2/c13-11-10(7-18)12(15-8-14-11)16-4-1-2-9(6-16)3-5-17/h7-9,17H,1-6H2. The number of rotatable bonds is 4. The maximum atomic E-state index is 11.1. The summed E-state index contributed by atoms with van der Waals surface area (Å²) in [6, 6.07) is 0. The average Bonchev–Trinajstić information content (AvgIpc) is 2.39. The molecule has 1 saturated heterocycles. The van der Waals surface area contributed by atoms with Crippen LogP contribution >= 0.6 is 11.6 Å². The monoisotopic (exact) mass is 269 g/mol. The molecule has 1 aromatic heterocycles. The number of carbonyl (C=O) groups excluding carboxylic acids is 1. The number of nitrogens with zero attached hydrogens (tertiary/aromatic N) is 3. The Hall–Kier alpha value is -1.20. The number of hydrogen-bond donors (Lipinski definition) is 1. The zero-order valence-corrected chi connectivity index (χ0v) is 10.8. The van der Waals surface area contributed by atoms with Gasteiger partial charge < -0.3 is 10.0 Å². The largest absolute Gasteiger partial charge is 0.396 e. The number of anilines is 1. The summed E-state index contributed by atoms with van der Waals surface area (Å²) in [6.07, 6.45) is 5.00. The highest BCUT2D eigenvalue weighted by atomic mass is 35.5. The van der Waals surface area contributed by atoms with Crippen LogP contribution in [0.15, 0.2) is 6.33 Å². The molecule has 5 nitrogen and oxygen atoms in total. The SMILES string of the molecule is O=Cc1c(Cl)ncnc1N1CCCC(CCO)C1. The van der Waals surface area contributed by atoms with Gasteiger partial charge in [-0.05, 0) is 25.2 Å². The first-order chi connectivity index (χ1) is 8.76. The Morgan fingerprint density at radius 3 is 3.11 bits per heavy atom. The Morgan fingerprint density at radius 1 is 1.56 bits per heavy atom. The van der Waals surface area contributed by atoms with Gasteiger partial charge in [-0.3, -0.25) is 4.79 Å². The summed E-state index contributed by atoms with van der Waals surface area (Å²) < 4.78 is 0. The lowest BCUT2D eigenvalue weighted by molar-refractivity contribution is 0.112. The van der Waals surface area contributed by atoms with E-state index in [1.54, 1.807) is 0 Å². The van der Waals surface area contributed by atoms with E-state index in [0.29, 0.717) is 23.6 Å². The van der Waals surface area contributed by atoms with E-state index in [-0.39, 0.29) is 11.8 Å². The van der Waals surface area contributed by atoms with Gasteiger partial charge in [0.05, 0.1) is 5.56 Å². The Balaban J connectivity index is 2.20. The van der Waals surface area contributed by atoms with Crippen LogP contribution in [0, 0.1) is 5.92 Å². The lowest BCUT2D eigenvalue weighted by Crippen LogP contribution is -2.37. The van der Waals surface area contributed by atoms with Gasteiger partial charge in [0, 0.05) is 19.7 Å². The molecule has 1 aromatic rings. The molecule has 6 heteroatoms. The topological polar surface area (TPSA) is 66.3 Å². The minimum atomic E-state index is 0.194. The number of aldehydes is 1. The third-order valence-corrected chi connectivity index (χ3v) is 3.59. The summed E-state index contributed by atoms with van der Waals surface area (Å²) in [5.74, 6) is 1.05. The molecule has 1 N–H and O–H groups in total. The maximum absolute atomic E-state index is 11.1. The quantitative estimate of drug-likeness (QED) is 0.663. The van der Waals surface area contributed by atoms with Gasteiger partial charge in [-0.1, -0.05) is 11.6 Å². The van der Waals surface area contributed by atoms with Crippen molar-refractivity contribution in [2.45, 2.75) is 19.3 Å². The van der Waals surface area contributed by atoms with Crippen LogP contribution in [-0.2, 0) is 0 Å². The number of aliphatic hydroxyl groups excluding tert-OH is 1. The lowest BCUT2D eigenvalue weighted by atomic mass is 9.95. The van der Waals surface area contributed by atoms with Crippen LogP contribution in [0.1, 0.15) is 29.6 Å². The molecule has 0 saturated carbocycles. The number of hydrogen-bond acceptors (Lipinski definition) is 5. The summed E-state index contributed by atoms with van der Waals surface area (Å²) in [6.45, 7) is 1.86. The summed E-state index contributed by atoms with van der Waals surface area (Å²) in [7, 11) is 0. The highest BCUT2D eigenvalue weighted by Gasteiger charge is 2.23. The third kappa shape index (κ3) is 2.79. The van der Waals surface area contributed by atoms with Gasteiger partial charge in [0.25, 0.3) is 0 Å². The lowest BCUT2D eigenvalue weighted by Gasteiger charge is -2.33. The van der Waals surface area contributed by atoms with Crippen molar-refractivity contribution in [1.29, 1.82) is 0 Å². The molecule has 2 rings (SSSR count). The van der Waals surface area contributed by atoms with E-state index in [0.717, 1.165) is 32.4 Å². The predicted octanol–water partition coefficient (Wildman–Crippen LogP) is 1.54. The van der Waals surface area contributed by atoms with Crippen LogP contribution in [0.3, 0.4) is 0 Å². The second-order valence-electron chi connectivity index (χ2n) is 4.49. The second-order valence-corrected chi connectivity index (χ2v) is 4.84. The van der Waals surface area contributed by atoms with Gasteiger partial charge in [-0.25, -0.2) is 9.97 Å². The highest BCUT2D eigenvalue weighted by molar-refractivity contribution is 6.32. The van der Waals surface area contributed by atoms with E-state index in [2.05, 4.69) is 14.9 Å². The minimum absolute atomic E-state index is 0.194. The summed E-state index contributed by atoms with van der Waals surface area (Å²) in [5, 5.41) is 9.19. The van der Waals surface area contributed by atoms with Crippen molar-refractivity contribution in [3.05, 3.63) is 17.0 Å². The van der Waals surface area contributed by atoms with Crippen LogP contribution in [-0.4, -0.2) is 41.1 Å². The van der Waals surface area contributed by atoms with Crippen LogP contribution in [0.2, 0.25) is 5.15 Å². The van der Waals surface area contributed by atoms with Crippen molar-refractivity contribution < 1.29 is 9.90 Å². The average molecular weight is 270 g/mol. The Morgan fingerprint density at radius 2 is 2.39 bits per heavy atom. The van der Waals surface area contributed by atoms with E-state index < -0.39 is 0 Å². The van der Waals surface area contributed by atoms with Crippen LogP contribution < -0.4 is 4.90 Å². The number of halogens is 1. The molecule has 1 unspecified atom stereocenters. The smallest absolute Gasteiger partial charge is 0.156 e. The van der Waals surface area contributed by atoms with Gasteiger partial charge >= 0.3 is 0 Å². The fraction of sp³-hybridized carbons (Fsp3) is 0.583. The molecular formula is C12H16ClN3O2. The van der Waals surface area contributed by atoms with E-state index in [9.17, 15) is 4.79 Å². The first kappa shape index (κ1) is 13.2. The van der Waals surface area contributed by atoms with Gasteiger partial charge in [0.2, 0.25) is 0 Å². The highest BCUT2D eigenvalue weighted by Crippen LogP contribution is 2.27. The van der Waals surface area contributed by atoms with Gasteiger partial charge in [-0.2, -0.15) is 0 Å².